The summed E-state index contributed by atoms with van der Waals surface area (Å²) in [6, 6.07) is 24.2. The summed E-state index contributed by atoms with van der Waals surface area (Å²) in [5, 5.41) is 0. The largest absolute Gasteiger partial charge is 0.423 e. The lowest BCUT2D eigenvalue weighted by Gasteiger charge is -2.15. The smallest absolute Gasteiger partial charge is 0.343 e. The van der Waals surface area contributed by atoms with Gasteiger partial charge in [0.25, 0.3) is 0 Å². The molecule has 0 amide bonds. The molecule has 0 aliphatic heterocycles. The van der Waals surface area contributed by atoms with Crippen molar-refractivity contribution in [1.82, 2.24) is 0 Å². The Kier molecular flexibility index (Phi) is 18.4. The van der Waals surface area contributed by atoms with Crippen molar-refractivity contribution >= 4 is 5.97 Å². The van der Waals surface area contributed by atoms with Crippen molar-refractivity contribution in [2.75, 3.05) is 6.61 Å². The van der Waals surface area contributed by atoms with Gasteiger partial charge in [0.1, 0.15) is 5.75 Å². The molecule has 0 aromatic heterocycles. The number of esters is 1. The van der Waals surface area contributed by atoms with E-state index in [1.807, 2.05) is 36.4 Å². The standard InChI is InChI=1S/C43H62O3/c1-5-8-9-10-11-12-13-14-15-16-17-18-19-20-34-45-35(4)37-22-24-39(25-23-37)40-26-28-41(29-27-40)43(44)46-42-32-30-38(31-33-42)36(7-3)21-6-2/h22-33,35-36H,5-21,34H2,1-4H3. The van der Waals surface area contributed by atoms with E-state index in [4.69, 9.17) is 9.47 Å². The summed E-state index contributed by atoms with van der Waals surface area (Å²) in [5.41, 5.74) is 5.25. The Morgan fingerprint density at radius 2 is 1.04 bits per heavy atom. The first-order valence-corrected chi connectivity index (χ1v) is 18.7. The fraction of sp³-hybridized carbons (Fsp3) is 0.558. The van der Waals surface area contributed by atoms with Crippen LogP contribution in [-0.2, 0) is 4.74 Å². The molecule has 0 aliphatic carbocycles. The molecule has 0 heterocycles. The van der Waals surface area contributed by atoms with E-state index in [0.717, 1.165) is 30.6 Å². The third-order valence-corrected chi connectivity index (χ3v) is 9.39. The summed E-state index contributed by atoms with van der Waals surface area (Å²) in [5.74, 6) is 0.811. The van der Waals surface area contributed by atoms with Crippen LogP contribution < -0.4 is 4.74 Å². The van der Waals surface area contributed by atoms with Crippen molar-refractivity contribution in [3.8, 4) is 16.9 Å². The highest BCUT2D eigenvalue weighted by atomic mass is 16.5. The molecule has 0 bridgehead atoms. The minimum atomic E-state index is -0.333. The van der Waals surface area contributed by atoms with Crippen molar-refractivity contribution in [1.29, 1.82) is 0 Å². The summed E-state index contributed by atoms with van der Waals surface area (Å²) in [7, 11) is 0. The highest BCUT2D eigenvalue weighted by Gasteiger charge is 2.12. The second kappa shape index (κ2) is 22.6. The maximum Gasteiger partial charge on any atom is 0.343 e. The van der Waals surface area contributed by atoms with Gasteiger partial charge in [0, 0.05) is 6.61 Å². The van der Waals surface area contributed by atoms with Crippen molar-refractivity contribution < 1.29 is 14.3 Å². The number of carbonyl (C=O) groups excluding carboxylic acids is 1. The molecule has 0 N–H and O–H groups in total. The summed E-state index contributed by atoms with van der Waals surface area (Å²) in [4.78, 5) is 12.8. The zero-order valence-corrected chi connectivity index (χ0v) is 29.5. The molecule has 0 saturated carbocycles. The van der Waals surface area contributed by atoms with Gasteiger partial charge in [-0.15, -0.1) is 0 Å². The molecule has 0 spiro atoms. The van der Waals surface area contributed by atoms with Crippen LogP contribution >= 0.6 is 0 Å². The van der Waals surface area contributed by atoms with Crippen molar-refractivity contribution in [3.63, 3.8) is 0 Å². The molecule has 0 radical (unpaired) electrons. The number of unbranched alkanes of at least 4 members (excludes halogenated alkanes) is 13. The molecule has 0 aliphatic rings. The first kappa shape index (κ1) is 37.5. The van der Waals surface area contributed by atoms with Gasteiger partial charge in [-0.1, -0.05) is 159 Å². The molecule has 46 heavy (non-hydrogen) atoms. The van der Waals surface area contributed by atoms with Crippen LogP contribution in [0.2, 0.25) is 0 Å². The van der Waals surface area contributed by atoms with Gasteiger partial charge in [-0.3, -0.25) is 0 Å². The molecule has 3 aromatic rings. The second-order valence-corrected chi connectivity index (χ2v) is 13.2. The Labute approximate surface area is 281 Å². The monoisotopic (exact) mass is 626 g/mol. The average Bonchev–Trinajstić information content (AvgIpc) is 3.09. The maximum absolute atomic E-state index is 12.8. The number of hydrogen-bond donors (Lipinski definition) is 0. The molecule has 3 aromatic carbocycles. The number of rotatable bonds is 24. The zero-order chi connectivity index (χ0) is 32.8. The lowest BCUT2D eigenvalue weighted by molar-refractivity contribution is 0.0627. The molecule has 2 unspecified atom stereocenters. The Hall–Kier alpha value is -2.91. The van der Waals surface area contributed by atoms with Crippen LogP contribution in [-0.4, -0.2) is 12.6 Å². The molecule has 3 nitrogen and oxygen atoms in total. The molecule has 0 fully saturated rings. The molecule has 3 rings (SSSR count). The minimum absolute atomic E-state index is 0.0849. The number of carbonyl (C=O) groups is 1. The van der Waals surface area contributed by atoms with Crippen LogP contribution in [0.4, 0.5) is 0 Å². The Balaban J connectivity index is 1.31. The van der Waals surface area contributed by atoms with E-state index >= 15 is 0 Å². The predicted octanol–water partition coefficient (Wildman–Crippen LogP) is 13.4. The first-order valence-electron chi connectivity index (χ1n) is 18.7. The molecule has 2 atom stereocenters. The van der Waals surface area contributed by atoms with Crippen LogP contribution in [0.3, 0.4) is 0 Å². The van der Waals surface area contributed by atoms with E-state index in [-0.39, 0.29) is 12.1 Å². The highest BCUT2D eigenvalue weighted by molar-refractivity contribution is 5.91. The van der Waals surface area contributed by atoms with Crippen LogP contribution in [0.25, 0.3) is 11.1 Å². The third-order valence-electron chi connectivity index (χ3n) is 9.39. The van der Waals surface area contributed by atoms with Gasteiger partial charge in [0.15, 0.2) is 0 Å². The Bertz CT molecular complexity index is 1200. The lowest BCUT2D eigenvalue weighted by Crippen LogP contribution is -2.08. The first-order chi connectivity index (χ1) is 22.5. The fourth-order valence-electron chi connectivity index (χ4n) is 6.33. The Morgan fingerprint density at radius 3 is 1.54 bits per heavy atom. The normalized spacial score (nSPS) is 12.6. The predicted molar refractivity (Wildman–Crippen MR) is 196 cm³/mol. The van der Waals surface area contributed by atoms with Gasteiger partial charge in [-0.25, -0.2) is 4.79 Å². The number of hydrogen-bond acceptors (Lipinski definition) is 3. The van der Waals surface area contributed by atoms with Gasteiger partial charge in [-0.05, 0) is 78.6 Å². The summed E-state index contributed by atoms with van der Waals surface area (Å²) < 4.78 is 11.8. The van der Waals surface area contributed by atoms with E-state index in [0.29, 0.717) is 17.2 Å². The summed E-state index contributed by atoms with van der Waals surface area (Å²) in [6.45, 7) is 9.69. The van der Waals surface area contributed by atoms with Crippen LogP contribution in [0.15, 0.2) is 72.8 Å². The maximum atomic E-state index is 12.8. The SMILES string of the molecule is CCCCCCCCCCCCCCCCOC(C)c1ccc(-c2ccc(C(=O)Oc3ccc(C(CC)CCC)cc3)cc2)cc1. The zero-order valence-electron chi connectivity index (χ0n) is 29.5. The van der Waals surface area contributed by atoms with Gasteiger partial charge in [0.05, 0.1) is 11.7 Å². The van der Waals surface area contributed by atoms with Crippen LogP contribution in [0.5, 0.6) is 5.75 Å². The molecule has 0 saturated heterocycles. The van der Waals surface area contributed by atoms with E-state index in [1.165, 1.54) is 107 Å². The molecular weight excluding hydrogens is 564 g/mol. The van der Waals surface area contributed by atoms with Crippen LogP contribution in [0, 0.1) is 0 Å². The number of benzene rings is 3. The highest BCUT2D eigenvalue weighted by Crippen LogP contribution is 2.28. The second-order valence-electron chi connectivity index (χ2n) is 13.2. The molecular formula is C43H62O3. The van der Waals surface area contributed by atoms with Crippen molar-refractivity contribution in [2.45, 2.75) is 149 Å². The van der Waals surface area contributed by atoms with Crippen molar-refractivity contribution in [3.05, 3.63) is 89.5 Å². The summed E-state index contributed by atoms with van der Waals surface area (Å²) in [6.07, 6.45) is 22.8. The fourth-order valence-corrected chi connectivity index (χ4v) is 6.33. The lowest BCUT2D eigenvalue weighted by atomic mass is 9.92. The summed E-state index contributed by atoms with van der Waals surface area (Å²) >= 11 is 0. The molecule has 3 heteroatoms. The Morgan fingerprint density at radius 1 is 0.565 bits per heavy atom. The quantitative estimate of drug-likeness (QED) is 0.0564. The third kappa shape index (κ3) is 13.8. The van der Waals surface area contributed by atoms with Crippen molar-refractivity contribution in [2.24, 2.45) is 0 Å². The minimum Gasteiger partial charge on any atom is -0.423 e. The molecule has 252 valence electrons. The van der Waals surface area contributed by atoms with E-state index in [2.05, 4.69) is 64.1 Å². The van der Waals surface area contributed by atoms with Gasteiger partial charge >= 0.3 is 5.97 Å². The van der Waals surface area contributed by atoms with E-state index in [1.54, 1.807) is 0 Å². The van der Waals surface area contributed by atoms with Gasteiger partial charge < -0.3 is 9.47 Å². The average molecular weight is 627 g/mol. The van der Waals surface area contributed by atoms with Gasteiger partial charge in [0.2, 0.25) is 0 Å². The van der Waals surface area contributed by atoms with Gasteiger partial charge in [-0.2, -0.15) is 0 Å². The van der Waals surface area contributed by atoms with E-state index in [9.17, 15) is 4.79 Å². The van der Waals surface area contributed by atoms with Crippen LogP contribution in [0.1, 0.15) is 170 Å². The topological polar surface area (TPSA) is 35.5 Å². The number of ether oxygens (including phenoxy) is 2. The van der Waals surface area contributed by atoms with E-state index < -0.39 is 0 Å².